The molecule has 1 aliphatic heterocycles. The second kappa shape index (κ2) is 9.06. The van der Waals surface area contributed by atoms with E-state index in [9.17, 15) is 8.78 Å². The smallest absolute Gasteiger partial charge is 0.387 e. The highest BCUT2D eigenvalue weighted by Gasteiger charge is 2.18. The van der Waals surface area contributed by atoms with Gasteiger partial charge in [0.05, 0.1) is 0 Å². The molecule has 1 N–H and O–H groups in total. The van der Waals surface area contributed by atoms with Gasteiger partial charge in [0, 0.05) is 18.2 Å². The van der Waals surface area contributed by atoms with E-state index in [1.54, 1.807) is 12.1 Å². The van der Waals surface area contributed by atoms with Gasteiger partial charge in [-0.15, -0.1) is 0 Å². The van der Waals surface area contributed by atoms with E-state index in [1.165, 1.54) is 19.4 Å². The lowest BCUT2D eigenvalue weighted by molar-refractivity contribution is -0.0505. The number of hydrogen-bond acceptors (Lipinski definition) is 3. The lowest BCUT2D eigenvalue weighted by atomic mass is 10.0. The summed E-state index contributed by atoms with van der Waals surface area (Å²) in [6, 6.07) is 7.45. The molecule has 0 spiro atoms. The number of nitrogens with one attached hydrogen (secondary N) is 1. The average Bonchev–Trinajstić information content (AvgIpc) is 2.52. The number of benzene rings is 1. The van der Waals surface area contributed by atoms with Crippen molar-refractivity contribution in [2.75, 3.05) is 19.6 Å². The molecule has 0 saturated carbocycles. The molecule has 0 amide bonds. The first kappa shape index (κ1) is 17.2. The maximum absolute atomic E-state index is 12.4. The van der Waals surface area contributed by atoms with Gasteiger partial charge in [-0.3, -0.25) is 0 Å². The van der Waals surface area contributed by atoms with Crippen molar-refractivity contribution in [3.63, 3.8) is 0 Å². The van der Waals surface area contributed by atoms with Gasteiger partial charge in [-0.25, -0.2) is 0 Å². The minimum absolute atomic E-state index is 0.269. The van der Waals surface area contributed by atoms with Crippen LogP contribution >= 0.6 is 0 Å². The Morgan fingerprint density at radius 1 is 1.27 bits per heavy atom. The molecule has 5 heteroatoms. The zero-order chi connectivity index (χ0) is 15.8. The summed E-state index contributed by atoms with van der Waals surface area (Å²) in [5.41, 5.74) is 0.788. The van der Waals surface area contributed by atoms with Gasteiger partial charge in [0.15, 0.2) is 0 Å². The average molecular weight is 312 g/mol. The molecule has 1 aromatic rings. The third-order valence-electron chi connectivity index (χ3n) is 4.19. The van der Waals surface area contributed by atoms with Crippen LogP contribution in [0.1, 0.15) is 38.2 Å². The standard InChI is InChI=1S/C17H26F2N2O/c1-2-3-10-21-11-8-15(9-12-21)20-13-14-6-4-5-7-16(14)22-17(18)19/h4-7,15,17,20H,2-3,8-13H2,1H3. The van der Waals surface area contributed by atoms with E-state index < -0.39 is 6.61 Å². The van der Waals surface area contributed by atoms with Crippen molar-refractivity contribution in [1.82, 2.24) is 10.2 Å². The Morgan fingerprint density at radius 3 is 2.68 bits per heavy atom. The molecule has 0 bridgehead atoms. The molecule has 1 heterocycles. The van der Waals surface area contributed by atoms with E-state index in [1.807, 2.05) is 12.1 Å². The summed E-state index contributed by atoms with van der Waals surface area (Å²) >= 11 is 0. The van der Waals surface area contributed by atoms with E-state index in [2.05, 4.69) is 21.9 Å². The molecule has 1 saturated heterocycles. The zero-order valence-electron chi connectivity index (χ0n) is 13.2. The Hall–Kier alpha value is -1.20. The predicted molar refractivity (Wildman–Crippen MR) is 84.3 cm³/mol. The van der Waals surface area contributed by atoms with Crippen LogP contribution in [0.25, 0.3) is 0 Å². The van der Waals surface area contributed by atoms with Gasteiger partial charge in [-0.05, 0) is 45.0 Å². The van der Waals surface area contributed by atoms with E-state index in [0.29, 0.717) is 12.6 Å². The molecular formula is C17H26F2N2O. The Bertz CT molecular complexity index is 434. The number of halogens is 2. The van der Waals surface area contributed by atoms with Crippen LogP contribution in [0.4, 0.5) is 8.78 Å². The van der Waals surface area contributed by atoms with E-state index in [4.69, 9.17) is 0 Å². The Kier molecular flexibility index (Phi) is 7.06. The minimum Gasteiger partial charge on any atom is -0.434 e. The van der Waals surface area contributed by atoms with Crippen LogP contribution in [0.15, 0.2) is 24.3 Å². The van der Waals surface area contributed by atoms with Crippen molar-refractivity contribution < 1.29 is 13.5 Å². The van der Waals surface area contributed by atoms with E-state index in [0.717, 1.165) is 31.5 Å². The van der Waals surface area contributed by atoms with Crippen LogP contribution in [-0.2, 0) is 6.54 Å². The predicted octanol–water partition coefficient (Wildman–Crippen LogP) is 3.64. The first-order valence-corrected chi connectivity index (χ1v) is 8.17. The van der Waals surface area contributed by atoms with E-state index in [-0.39, 0.29) is 5.75 Å². The molecule has 1 fully saturated rings. The largest absolute Gasteiger partial charge is 0.434 e. The Morgan fingerprint density at radius 2 is 2.00 bits per heavy atom. The molecule has 0 atom stereocenters. The summed E-state index contributed by atoms with van der Waals surface area (Å²) in [7, 11) is 0. The number of hydrogen-bond donors (Lipinski definition) is 1. The van der Waals surface area contributed by atoms with Gasteiger partial charge in [0.25, 0.3) is 0 Å². The summed E-state index contributed by atoms with van der Waals surface area (Å²) in [5.74, 6) is 0.269. The van der Waals surface area contributed by atoms with Crippen LogP contribution in [0, 0.1) is 0 Å². The number of rotatable bonds is 8. The second-order valence-electron chi connectivity index (χ2n) is 5.84. The van der Waals surface area contributed by atoms with Crippen LogP contribution in [-0.4, -0.2) is 37.2 Å². The molecule has 0 radical (unpaired) electrons. The van der Waals surface area contributed by atoms with Crippen LogP contribution in [0.5, 0.6) is 5.75 Å². The van der Waals surface area contributed by atoms with Crippen LogP contribution in [0.2, 0.25) is 0 Å². The van der Waals surface area contributed by atoms with Crippen molar-refractivity contribution in [2.24, 2.45) is 0 Å². The third kappa shape index (κ3) is 5.54. The highest BCUT2D eigenvalue weighted by molar-refractivity contribution is 5.33. The molecule has 22 heavy (non-hydrogen) atoms. The molecule has 0 aromatic heterocycles. The SMILES string of the molecule is CCCCN1CCC(NCc2ccccc2OC(F)F)CC1. The highest BCUT2D eigenvalue weighted by atomic mass is 19.3. The van der Waals surface area contributed by atoms with Gasteiger partial charge in [-0.2, -0.15) is 8.78 Å². The number of alkyl halides is 2. The Labute approximate surface area is 131 Å². The third-order valence-corrected chi connectivity index (χ3v) is 4.19. The van der Waals surface area contributed by atoms with Crippen molar-refractivity contribution >= 4 is 0 Å². The maximum atomic E-state index is 12.4. The molecule has 0 unspecified atom stereocenters. The van der Waals surface area contributed by atoms with Gasteiger partial charge in [-0.1, -0.05) is 31.5 Å². The van der Waals surface area contributed by atoms with Crippen LogP contribution in [0.3, 0.4) is 0 Å². The maximum Gasteiger partial charge on any atom is 0.387 e. The first-order valence-electron chi connectivity index (χ1n) is 8.17. The summed E-state index contributed by atoms with van der Waals surface area (Å²) in [5, 5.41) is 3.48. The molecule has 3 nitrogen and oxygen atoms in total. The summed E-state index contributed by atoms with van der Waals surface area (Å²) in [4.78, 5) is 2.51. The molecule has 2 rings (SSSR count). The van der Waals surface area contributed by atoms with Gasteiger partial charge in [0.1, 0.15) is 5.75 Å². The summed E-state index contributed by atoms with van der Waals surface area (Å²) in [6.07, 6.45) is 4.72. The molecule has 1 aromatic carbocycles. The fourth-order valence-corrected chi connectivity index (χ4v) is 2.86. The Balaban J connectivity index is 1.77. The van der Waals surface area contributed by atoms with Crippen molar-refractivity contribution in [3.05, 3.63) is 29.8 Å². The number of piperidine rings is 1. The lowest BCUT2D eigenvalue weighted by Gasteiger charge is -2.32. The highest BCUT2D eigenvalue weighted by Crippen LogP contribution is 2.21. The number of nitrogens with zero attached hydrogens (tertiary/aromatic N) is 1. The van der Waals surface area contributed by atoms with Gasteiger partial charge >= 0.3 is 6.61 Å². The van der Waals surface area contributed by atoms with E-state index >= 15 is 0 Å². The second-order valence-corrected chi connectivity index (χ2v) is 5.84. The molecular weight excluding hydrogens is 286 g/mol. The number of unbranched alkanes of at least 4 members (excludes halogenated alkanes) is 1. The van der Waals surface area contributed by atoms with Gasteiger partial charge in [0.2, 0.25) is 0 Å². The molecule has 0 aliphatic carbocycles. The van der Waals surface area contributed by atoms with Crippen LogP contribution < -0.4 is 10.1 Å². The van der Waals surface area contributed by atoms with Crippen molar-refractivity contribution in [3.8, 4) is 5.75 Å². The summed E-state index contributed by atoms with van der Waals surface area (Å²) in [6.45, 7) is 3.44. The number of para-hydroxylation sites is 1. The number of likely N-dealkylation sites (tertiary alicyclic amines) is 1. The number of ether oxygens (including phenoxy) is 1. The lowest BCUT2D eigenvalue weighted by Crippen LogP contribution is -2.42. The molecule has 1 aliphatic rings. The first-order chi connectivity index (χ1) is 10.7. The molecule has 124 valence electrons. The minimum atomic E-state index is -2.78. The topological polar surface area (TPSA) is 24.5 Å². The summed E-state index contributed by atoms with van der Waals surface area (Å²) < 4.78 is 29.3. The van der Waals surface area contributed by atoms with Crippen molar-refractivity contribution in [1.29, 1.82) is 0 Å². The monoisotopic (exact) mass is 312 g/mol. The normalized spacial score (nSPS) is 17.1. The van der Waals surface area contributed by atoms with Gasteiger partial charge < -0.3 is 15.0 Å². The zero-order valence-corrected chi connectivity index (χ0v) is 13.2. The fourth-order valence-electron chi connectivity index (χ4n) is 2.86. The van der Waals surface area contributed by atoms with Crippen molar-refractivity contribution in [2.45, 2.75) is 51.8 Å². The fraction of sp³-hybridized carbons (Fsp3) is 0.647. The quantitative estimate of drug-likeness (QED) is 0.793.